The van der Waals surface area contributed by atoms with Gasteiger partial charge in [0.25, 0.3) is 0 Å². The monoisotopic (exact) mass is 371 g/mol. The molecule has 27 heavy (non-hydrogen) atoms. The molecule has 3 heteroatoms. The van der Waals surface area contributed by atoms with Crippen molar-refractivity contribution in [1.29, 1.82) is 0 Å². The van der Waals surface area contributed by atoms with Gasteiger partial charge in [0.1, 0.15) is 0 Å². The van der Waals surface area contributed by atoms with Crippen LogP contribution in [0.15, 0.2) is 43.0 Å². The minimum Gasteiger partial charge on any atom is -0.390 e. The van der Waals surface area contributed by atoms with Crippen LogP contribution in [0.3, 0.4) is 0 Å². The molecular weight excluding hydrogens is 334 g/mol. The Morgan fingerprint density at radius 1 is 1.00 bits per heavy atom. The molecule has 2 fully saturated rings. The SMILES string of the molecule is C=CCCCCCCCCC1(O)CC2COCC(C1)N2Cc1ccccc1. The molecule has 3 nitrogen and oxygen atoms in total. The number of unbranched alkanes of at least 4 members (excludes halogenated alkanes) is 6. The molecule has 1 aromatic rings. The maximum atomic E-state index is 11.2. The van der Waals surface area contributed by atoms with Gasteiger partial charge in [-0.05, 0) is 37.7 Å². The Kier molecular flexibility index (Phi) is 7.93. The van der Waals surface area contributed by atoms with Gasteiger partial charge >= 0.3 is 0 Å². The van der Waals surface area contributed by atoms with Gasteiger partial charge in [-0.25, -0.2) is 0 Å². The van der Waals surface area contributed by atoms with Crippen LogP contribution in [-0.2, 0) is 11.3 Å². The van der Waals surface area contributed by atoms with Crippen molar-refractivity contribution in [3.8, 4) is 0 Å². The standard InChI is InChI=1S/C24H37NO2/c1-2-3-4-5-6-7-8-12-15-24(26)16-22-19-27-20-23(17-24)25(22)18-21-13-10-9-11-14-21/h2,9-11,13-14,22-23,26H,1,3-8,12,15-20H2. The second-order valence-corrected chi connectivity index (χ2v) is 8.58. The highest BCUT2D eigenvalue weighted by Gasteiger charge is 2.45. The summed E-state index contributed by atoms with van der Waals surface area (Å²) in [6.45, 7) is 6.27. The summed E-state index contributed by atoms with van der Waals surface area (Å²) in [5, 5.41) is 11.2. The maximum Gasteiger partial charge on any atom is 0.0679 e. The minimum absolute atomic E-state index is 0.349. The number of hydrogen-bond donors (Lipinski definition) is 1. The number of fused-ring (bicyclic) bond motifs is 2. The Morgan fingerprint density at radius 2 is 1.63 bits per heavy atom. The zero-order chi connectivity index (χ0) is 19.0. The number of nitrogens with zero attached hydrogens (tertiary/aromatic N) is 1. The molecule has 2 saturated heterocycles. The van der Waals surface area contributed by atoms with Gasteiger partial charge < -0.3 is 9.84 Å². The lowest BCUT2D eigenvalue weighted by atomic mass is 9.78. The van der Waals surface area contributed by atoms with Crippen molar-refractivity contribution in [2.45, 2.75) is 88.4 Å². The molecule has 0 spiro atoms. The summed E-state index contributed by atoms with van der Waals surface area (Å²) in [4.78, 5) is 2.58. The van der Waals surface area contributed by atoms with E-state index in [0.29, 0.717) is 12.1 Å². The van der Waals surface area contributed by atoms with E-state index in [9.17, 15) is 5.11 Å². The van der Waals surface area contributed by atoms with Gasteiger partial charge in [-0.1, -0.05) is 68.5 Å². The first-order valence-electron chi connectivity index (χ1n) is 10.9. The molecular formula is C24H37NO2. The highest BCUT2D eigenvalue weighted by atomic mass is 16.5. The number of allylic oxidation sites excluding steroid dienone is 1. The molecule has 150 valence electrons. The second-order valence-electron chi connectivity index (χ2n) is 8.58. The summed E-state index contributed by atoms with van der Waals surface area (Å²) in [6, 6.07) is 11.4. The zero-order valence-electron chi connectivity index (χ0n) is 16.8. The number of rotatable bonds is 11. The highest BCUT2D eigenvalue weighted by Crippen LogP contribution is 2.38. The van der Waals surface area contributed by atoms with Crippen molar-refractivity contribution < 1.29 is 9.84 Å². The number of aliphatic hydroxyl groups is 1. The first-order valence-corrected chi connectivity index (χ1v) is 10.9. The maximum absolute atomic E-state index is 11.2. The van der Waals surface area contributed by atoms with Crippen molar-refractivity contribution in [3.05, 3.63) is 48.6 Å². The normalized spacial score (nSPS) is 28.2. The average Bonchev–Trinajstić information content (AvgIpc) is 2.66. The third-order valence-corrected chi connectivity index (χ3v) is 6.30. The molecule has 2 unspecified atom stereocenters. The average molecular weight is 372 g/mol. The molecule has 0 aliphatic carbocycles. The van der Waals surface area contributed by atoms with Crippen molar-refractivity contribution in [2.75, 3.05) is 13.2 Å². The van der Waals surface area contributed by atoms with Crippen LogP contribution in [0.5, 0.6) is 0 Å². The fourth-order valence-corrected chi connectivity index (χ4v) is 4.85. The molecule has 1 aromatic carbocycles. The Hall–Kier alpha value is -1.16. The van der Waals surface area contributed by atoms with E-state index in [4.69, 9.17) is 4.74 Å². The lowest BCUT2D eigenvalue weighted by Crippen LogP contribution is -2.61. The van der Waals surface area contributed by atoms with Crippen LogP contribution in [0.25, 0.3) is 0 Å². The molecule has 3 rings (SSSR count). The van der Waals surface area contributed by atoms with Crippen LogP contribution in [0.4, 0.5) is 0 Å². The van der Waals surface area contributed by atoms with Gasteiger partial charge in [-0.2, -0.15) is 0 Å². The molecule has 0 saturated carbocycles. The van der Waals surface area contributed by atoms with Crippen LogP contribution in [0, 0.1) is 0 Å². The van der Waals surface area contributed by atoms with Crippen LogP contribution < -0.4 is 0 Å². The molecule has 1 N–H and O–H groups in total. The van der Waals surface area contributed by atoms with Crippen LogP contribution in [0.2, 0.25) is 0 Å². The van der Waals surface area contributed by atoms with Gasteiger partial charge in [-0.15, -0.1) is 6.58 Å². The van der Waals surface area contributed by atoms with Crippen LogP contribution in [0.1, 0.15) is 69.8 Å². The number of piperidine rings is 1. The summed E-state index contributed by atoms with van der Waals surface area (Å²) in [6.07, 6.45) is 13.4. The third kappa shape index (κ3) is 6.17. The quantitative estimate of drug-likeness (QED) is 0.434. The molecule has 2 heterocycles. The smallest absolute Gasteiger partial charge is 0.0679 e. The van der Waals surface area contributed by atoms with Crippen molar-refractivity contribution >= 4 is 0 Å². The summed E-state index contributed by atoms with van der Waals surface area (Å²) < 4.78 is 5.83. The van der Waals surface area contributed by atoms with Gasteiger partial charge in [-0.3, -0.25) is 4.90 Å². The fourth-order valence-electron chi connectivity index (χ4n) is 4.85. The largest absolute Gasteiger partial charge is 0.390 e. The molecule has 2 aliphatic heterocycles. The minimum atomic E-state index is -0.491. The van der Waals surface area contributed by atoms with Gasteiger partial charge in [0, 0.05) is 18.6 Å². The van der Waals surface area contributed by atoms with Crippen molar-refractivity contribution in [3.63, 3.8) is 0 Å². The molecule has 0 radical (unpaired) electrons. The van der Waals surface area contributed by atoms with E-state index in [0.717, 1.165) is 51.9 Å². The summed E-state index contributed by atoms with van der Waals surface area (Å²) >= 11 is 0. The third-order valence-electron chi connectivity index (χ3n) is 6.30. The van der Waals surface area contributed by atoms with Crippen LogP contribution >= 0.6 is 0 Å². The Labute approximate surface area is 165 Å². The molecule has 2 aliphatic rings. The van der Waals surface area contributed by atoms with Gasteiger partial charge in [0.2, 0.25) is 0 Å². The molecule has 0 amide bonds. The highest BCUT2D eigenvalue weighted by molar-refractivity contribution is 5.15. The number of morpholine rings is 1. The van der Waals surface area contributed by atoms with E-state index in [-0.39, 0.29) is 0 Å². The number of ether oxygens (including phenoxy) is 1. The summed E-state index contributed by atoms with van der Waals surface area (Å²) in [5.74, 6) is 0. The van der Waals surface area contributed by atoms with E-state index >= 15 is 0 Å². The Balaban J connectivity index is 1.43. The fraction of sp³-hybridized carbons (Fsp3) is 0.667. The van der Waals surface area contributed by atoms with Gasteiger partial charge in [0.05, 0.1) is 18.8 Å². The van der Waals surface area contributed by atoms with E-state index in [2.05, 4.69) is 41.8 Å². The predicted octanol–water partition coefficient (Wildman–Crippen LogP) is 5.09. The summed E-state index contributed by atoms with van der Waals surface area (Å²) in [7, 11) is 0. The first-order chi connectivity index (χ1) is 13.2. The van der Waals surface area contributed by atoms with Crippen molar-refractivity contribution in [2.24, 2.45) is 0 Å². The number of hydrogen-bond acceptors (Lipinski definition) is 3. The first kappa shape index (κ1) is 20.6. The summed E-state index contributed by atoms with van der Waals surface area (Å²) in [5.41, 5.74) is 0.867. The lowest BCUT2D eigenvalue weighted by molar-refractivity contribution is -0.148. The van der Waals surface area contributed by atoms with Crippen LogP contribution in [-0.4, -0.2) is 40.9 Å². The lowest BCUT2D eigenvalue weighted by Gasteiger charge is -2.52. The van der Waals surface area contributed by atoms with Gasteiger partial charge in [0.15, 0.2) is 0 Å². The van der Waals surface area contributed by atoms with E-state index in [1.54, 1.807) is 0 Å². The predicted molar refractivity (Wildman–Crippen MR) is 112 cm³/mol. The molecule has 2 atom stereocenters. The Morgan fingerprint density at radius 3 is 2.30 bits per heavy atom. The van der Waals surface area contributed by atoms with E-state index < -0.39 is 5.60 Å². The molecule has 0 aromatic heterocycles. The Bertz CT molecular complexity index is 545. The van der Waals surface area contributed by atoms with Crippen molar-refractivity contribution in [1.82, 2.24) is 4.90 Å². The number of benzene rings is 1. The van der Waals surface area contributed by atoms with E-state index in [1.165, 1.54) is 37.7 Å². The second kappa shape index (κ2) is 10.4. The topological polar surface area (TPSA) is 32.7 Å². The zero-order valence-corrected chi connectivity index (χ0v) is 16.8. The van der Waals surface area contributed by atoms with E-state index in [1.807, 2.05) is 6.08 Å². The molecule has 2 bridgehead atoms.